The summed E-state index contributed by atoms with van der Waals surface area (Å²) >= 11 is 0. The Morgan fingerprint density at radius 3 is 2.77 bits per heavy atom. The fourth-order valence-electron chi connectivity index (χ4n) is 4.36. The van der Waals surface area contributed by atoms with E-state index in [-0.39, 0.29) is 0 Å². The van der Waals surface area contributed by atoms with E-state index < -0.39 is 5.41 Å². The van der Waals surface area contributed by atoms with Crippen molar-refractivity contribution in [2.45, 2.75) is 24.7 Å². The van der Waals surface area contributed by atoms with E-state index >= 15 is 0 Å². The van der Waals surface area contributed by atoms with Gasteiger partial charge in [-0.25, -0.2) is 4.98 Å². The summed E-state index contributed by atoms with van der Waals surface area (Å²) in [4.78, 5) is 10.8. The summed E-state index contributed by atoms with van der Waals surface area (Å²) in [5.41, 5.74) is 0.964. The molecule has 3 fully saturated rings. The highest BCUT2D eigenvalue weighted by molar-refractivity contribution is 5.55. The van der Waals surface area contributed by atoms with Crippen molar-refractivity contribution in [1.82, 2.24) is 4.98 Å². The smallest absolute Gasteiger partial charge is 0.131 e. The lowest BCUT2D eigenvalue weighted by Crippen LogP contribution is -2.33. The van der Waals surface area contributed by atoms with E-state index in [1.54, 1.807) is 12.2 Å². The van der Waals surface area contributed by atoms with Crippen molar-refractivity contribution >= 4 is 18.4 Å². The summed E-state index contributed by atoms with van der Waals surface area (Å²) in [5, 5.41) is 22.6. The van der Waals surface area contributed by atoms with Crippen LogP contribution < -0.4 is 10.2 Å². The molecule has 3 heterocycles. The Morgan fingerprint density at radius 2 is 2.10 bits per heavy atom. The number of aromatic nitrogens is 1. The summed E-state index contributed by atoms with van der Waals surface area (Å²) in [6, 6.07) is 8.78. The van der Waals surface area contributed by atoms with E-state index in [4.69, 9.17) is 9.72 Å². The predicted molar refractivity (Wildman–Crippen MR) is 116 cm³/mol. The maximum absolute atomic E-state index is 10.0. The Bertz CT molecular complexity index is 937. The number of piperidine rings is 1. The third-order valence-corrected chi connectivity index (χ3v) is 6.32. The van der Waals surface area contributed by atoms with Gasteiger partial charge in [0, 0.05) is 39.0 Å². The van der Waals surface area contributed by atoms with E-state index in [0.29, 0.717) is 38.2 Å². The molecule has 1 aromatic rings. The lowest BCUT2D eigenvalue weighted by molar-refractivity contribution is 0.0675. The molecule has 0 spiro atoms. The normalized spacial score (nSPS) is 24.7. The summed E-state index contributed by atoms with van der Waals surface area (Å²) in [6.07, 6.45) is 7.61. The van der Waals surface area contributed by atoms with E-state index in [1.807, 2.05) is 6.07 Å². The van der Waals surface area contributed by atoms with Gasteiger partial charge >= 0.3 is 0 Å². The number of pyridine rings is 1. The number of hydrogen-bond donors (Lipinski definition) is 1. The molecule has 7 heteroatoms. The standard InChI is InChI=1S/C23H26N6O/c1-26-6-2-17(13-24)3-7-27-21-11-20(23(16-25)4-8-30-9-5-23)12-22(28-21)29-14-18-10-19(18)15-29/h2-3,6,11-12,18-19H,1,4-5,7-10,14-15H2,(H,27,28). The van der Waals surface area contributed by atoms with Crippen molar-refractivity contribution in [2.75, 3.05) is 43.1 Å². The Hall–Kier alpha value is -3.16. The van der Waals surface area contributed by atoms with Crippen LogP contribution in [0.15, 0.2) is 41.1 Å². The highest BCUT2D eigenvalue weighted by Gasteiger charge is 2.46. The summed E-state index contributed by atoms with van der Waals surface area (Å²) in [5.74, 6) is 3.25. The highest BCUT2D eigenvalue weighted by atomic mass is 16.5. The highest BCUT2D eigenvalue weighted by Crippen LogP contribution is 2.46. The quantitative estimate of drug-likeness (QED) is 0.427. The molecule has 1 saturated carbocycles. The lowest BCUT2D eigenvalue weighted by Gasteiger charge is -2.32. The molecule has 2 atom stereocenters. The molecule has 0 aromatic carbocycles. The first-order valence-electron chi connectivity index (χ1n) is 10.4. The zero-order valence-electron chi connectivity index (χ0n) is 17.0. The molecular weight excluding hydrogens is 376 g/mol. The Morgan fingerprint density at radius 1 is 1.33 bits per heavy atom. The number of nitriles is 2. The molecule has 30 heavy (non-hydrogen) atoms. The zero-order chi connectivity index (χ0) is 21.0. The van der Waals surface area contributed by atoms with E-state index in [2.05, 4.69) is 40.1 Å². The number of aliphatic imine (C=N–C) groups is 1. The first kappa shape index (κ1) is 20.1. The number of fused-ring (bicyclic) bond motifs is 1. The first-order valence-corrected chi connectivity index (χ1v) is 10.4. The topological polar surface area (TPSA) is 97.3 Å². The van der Waals surface area contributed by atoms with Crippen LogP contribution in [0.5, 0.6) is 0 Å². The Kier molecular flexibility index (Phi) is 5.83. The minimum absolute atomic E-state index is 0.453. The van der Waals surface area contributed by atoms with Crippen LogP contribution in [-0.2, 0) is 10.2 Å². The van der Waals surface area contributed by atoms with Gasteiger partial charge in [-0.15, -0.1) is 0 Å². The van der Waals surface area contributed by atoms with Crippen LogP contribution in [0.4, 0.5) is 11.6 Å². The third kappa shape index (κ3) is 4.22. The minimum Gasteiger partial charge on any atom is -0.381 e. The maximum atomic E-state index is 10.0. The van der Waals surface area contributed by atoms with Crippen molar-refractivity contribution in [1.29, 1.82) is 10.5 Å². The number of anilines is 2. The lowest BCUT2D eigenvalue weighted by atomic mass is 9.75. The second-order valence-electron chi connectivity index (χ2n) is 8.22. The molecule has 3 aliphatic rings. The van der Waals surface area contributed by atoms with Gasteiger partial charge in [0.15, 0.2) is 0 Å². The van der Waals surface area contributed by atoms with Crippen molar-refractivity contribution in [3.63, 3.8) is 0 Å². The second-order valence-corrected chi connectivity index (χ2v) is 8.22. The van der Waals surface area contributed by atoms with Crippen molar-refractivity contribution in [3.05, 3.63) is 41.6 Å². The fraction of sp³-hybridized carbons (Fsp3) is 0.478. The Balaban J connectivity index is 1.60. The van der Waals surface area contributed by atoms with Crippen molar-refractivity contribution < 1.29 is 4.74 Å². The Labute approximate surface area is 177 Å². The number of nitrogens with zero attached hydrogens (tertiary/aromatic N) is 5. The average Bonchev–Trinajstić information content (AvgIpc) is 3.41. The van der Waals surface area contributed by atoms with Gasteiger partial charge < -0.3 is 15.0 Å². The van der Waals surface area contributed by atoms with Crippen LogP contribution in [0, 0.1) is 34.5 Å². The summed E-state index contributed by atoms with van der Waals surface area (Å²) in [6.45, 7) is 7.11. The first-order chi connectivity index (χ1) is 14.7. The molecule has 0 radical (unpaired) electrons. The number of nitrogens with one attached hydrogen (secondary N) is 1. The molecule has 1 N–H and O–H groups in total. The predicted octanol–water partition coefficient (Wildman–Crippen LogP) is 3.19. The molecule has 154 valence electrons. The number of rotatable bonds is 7. The van der Waals surface area contributed by atoms with E-state index in [9.17, 15) is 10.5 Å². The molecule has 1 aliphatic carbocycles. The number of ether oxygens (including phenoxy) is 1. The van der Waals surface area contributed by atoms with E-state index in [0.717, 1.165) is 42.1 Å². The minimum atomic E-state index is -0.541. The molecule has 7 nitrogen and oxygen atoms in total. The molecule has 2 saturated heterocycles. The fourth-order valence-corrected chi connectivity index (χ4v) is 4.36. The van der Waals surface area contributed by atoms with Crippen LogP contribution in [-0.4, -0.2) is 44.5 Å². The largest absolute Gasteiger partial charge is 0.381 e. The molecule has 2 aliphatic heterocycles. The van der Waals surface area contributed by atoms with Crippen LogP contribution in [0.2, 0.25) is 0 Å². The molecule has 4 rings (SSSR count). The van der Waals surface area contributed by atoms with Gasteiger partial charge in [-0.2, -0.15) is 10.5 Å². The van der Waals surface area contributed by atoms with E-state index in [1.165, 1.54) is 12.6 Å². The number of hydrogen-bond acceptors (Lipinski definition) is 7. The molecule has 2 unspecified atom stereocenters. The summed E-state index contributed by atoms with van der Waals surface area (Å²) in [7, 11) is 0. The van der Waals surface area contributed by atoms with Crippen molar-refractivity contribution in [3.8, 4) is 12.1 Å². The van der Waals surface area contributed by atoms with Crippen molar-refractivity contribution in [2.24, 2.45) is 16.8 Å². The number of allylic oxidation sites excluding steroid dienone is 2. The maximum Gasteiger partial charge on any atom is 0.131 e. The molecular formula is C23H26N6O. The zero-order valence-corrected chi connectivity index (χ0v) is 17.0. The summed E-state index contributed by atoms with van der Waals surface area (Å²) < 4.78 is 5.51. The van der Waals surface area contributed by atoms with Gasteiger partial charge in [0.25, 0.3) is 0 Å². The second kappa shape index (κ2) is 8.69. The average molecular weight is 403 g/mol. The molecule has 0 amide bonds. The molecule has 0 bridgehead atoms. The van der Waals surface area contributed by atoms with Gasteiger partial charge in [-0.05, 0) is 67.7 Å². The van der Waals surface area contributed by atoms with Gasteiger partial charge in [-0.1, -0.05) is 0 Å². The van der Waals surface area contributed by atoms with Crippen LogP contribution in [0.3, 0.4) is 0 Å². The monoisotopic (exact) mass is 402 g/mol. The van der Waals surface area contributed by atoms with Crippen LogP contribution in [0.25, 0.3) is 0 Å². The van der Waals surface area contributed by atoms with Gasteiger partial charge in [0.05, 0.1) is 23.1 Å². The third-order valence-electron chi connectivity index (χ3n) is 6.32. The van der Waals surface area contributed by atoms with Crippen LogP contribution in [0.1, 0.15) is 24.8 Å². The van der Waals surface area contributed by atoms with Gasteiger partial charge in [0.2, 0.25) is 0 Å². The van der Waals surface area contributed by atoms with Crippen LogP contribution >= 0.6 is 0 Å². The van der Waals surface area contributed by atoms with Gasteiger partial charge in [-0.3, -0.25) is 4.99 Å². The SMILES string of the molecule is C=NC=CC(C#N)=CCNc1cc(C2(C#N)CCOCC2)cc(N2CC3CC3C2)n1. The van der Waals surface area contributed by atoms with Gasteiger partial charge in [0.1, 0.15) is 11.6 Å². The molecule has 1 aromatic heterocycles.